The minimum Gasteiger partial charge on any atom is -0.353 e. The Hall–Kier alpha value is -3.31. The standard InChI is InChI=1S/C24H28N6O4S/c1-18-26-23(27-34-18)20-7-10-22(25-17-20)28-13-15-29(16-14-28)24(31)19-5-8-21(9-6-19)35(32,33)30-11-3-2-4-12-30/h5-10,17H,2-4,11-16H2,1H3. The lowest BCUT2D eigenvalue weighted by Crippen LogP contribution is -2.49. The predicted octanol–water partition coefficient (Wildman–Crippen LogP) is 2.58. The van der Waals surface area contributed by atoms with Crippen LogP contribution in [0.3, 0.4) is 0 Å². The second-order valence-corrected chi connectivity index (χ2v) is 10.7. The SMILES string of the molecule is Cc1nc(-c2ccc(N3CCN(C(=O)c4ccc(S(=O)(=O)N5CCCCC5)cc4)CC3)nc2)no1. The molecule has 10 nitrogen and oxygen atoms in total. The van der Waals surface area contributed by atoms with Crippen LogP contribution in [0.2, 0.25) is 0 Å². The van der Waals surface area contributed by atoms with E-state index in [1.54, 1.807) is 42.3 Å². The summed E-state index contributed by atoms with van der Waals surface area (Å²) in [5, 5.41) is 3.91. The number of aryl methyl sites for hydroxylation is 1. The number of sulfonamides is 1. The van der Waals surface area contributed by atoms with Gasteiger partial charge >= 0.3 is 0 Å². The zero-order valence-corrected chi connectivity index (χ0v) is 20.4. The Morgan fingerprint density at radius 3 is 2.23 bits per heavy atom. The Labute approximate surface area is 204 Å². The van der Waals surface area contributed by atoms with Crippen LogP contribution in [0.1, 0.15) is 35.5 Å². The molecule has 2 fully saturated rings. The Morgan fingerprint density at radius 1 is 0.914 bits per heavy atom. The first kappa shape index (κ1) is 23.4. The predicted molar refractivity (Wildman–Crippen MR) is 129 cm³/mol. The van der Waals surface area contributed by atoms with Gasteiger partial charge in [-0.1, -0.05) is 11.6 Å². The molecule has 0 atom stereocenters. The molecule has 11 heteroatoms. The maximum Gasteiger partial charge on any atom is 0.253 e. The first-order valence-electron chi connectivity index (χ1n) is 11.8. The lowest BCUT2D eigenvalue weighted by atomic mass is 10.2. The van der Waals surface area contributed by atoms with E-state index in [-0.39, 0.29) is 10.8 Å². The van der Waals surface area contributed by atoms with E-state index in [1.165, 1.54) is 4.31 Å². The van der Waals surface area contributed by atoms with Crippen molar-refractivity contribution in [3.8, 4) is 11.4 Å². The molecule has 0 radical (unpaired) electrons. The van der Waals surface area contributed by atoms with Crippen LogP contribution in [0.25, 0.3) is 11.4 Å². The third-order valence-corrected chi connectivity index (χ3v) is 8.39. The van der Waals surface area contributed by atoms with Crippen molar-refractivity contribution in [3.05, 3.63) is 54.0 Å². The van der Waals surface area contributed by atoms with Gasteiger partial charge in [0, 0.05) is 63.5 Å². The van der Waals surface area contributed by atoms with Gasteiger partial charge in [-0.3, -0.25) is 4.79 Å². The summed E-state index contributed by atoms with van der Waals surface area (Å²) in [7, 11) is -3.51. The molecule has 0 spiro atoms. The third-order valence-electron chi connectivity index (χ3n) is 6.48. The number of rotatable bonds is 5. The molecule has 0 N–H and O–H groups in total. The number of amides is 1. The second-order valence-electron chi connectivity index (χ2n) is 8.81. The molecule has 5 rings (SSSR count). The van der Waals surface area contributed by atoms with Crippen LogP contribution in [0.4, 0.5) is 5.82 Å². The third kappa shape index (κ3) is 4.92. The molecule has 1 aromatic carbocycles. The number of nitrogens with zero attached hydrogens (tertiary/aromatic N) is 6. The molecule has 1 amide bonds. The van der Waals surface area contributed by atoms with Gasteiger partial charge in [0.15, 0.2) is 0 Å². The topological polar surface area (TPSA) is 113 Å². The summed E-state index contributed by atoms with van der Waals surface area (Å²) in [4.78, 5) is 25.9. The first-order valence-corrected chi connectivity index (χ1v) is 13.3. The number of aromatic nitrogens is 3. The highest BCUT2D eigenvalue weighted by Gasteiger charge is 2.27. The molecule has 3 aromatic rings. The van der Waals surface area contributed by atoms with E-state index >= 15 is 0 Å². The van der Waals surface area contributed by atoms with Crippen molar-refractivity contribution in [2.24, 2.45) is 0 Å². The summed E-state index contributed by atoms with van der Waals surface area (Å²) in [5.41, 5.74) is 1.28. The van der Waals surface area contributed by atoms with Crippen molar-refractivity contribution >= 4 is 21.7 Å². The van der Waals surface area contributed by atoms with E-state index in [9.17, 15) is 13.2 Å². The molecule has 4 heterocycles. The highest BCUT2D eigenvalue weighted by molar-refractivity contribution is 7.89. The molecular weight excluding hydrogens is 468 g/mol. The van der Waals surface area contributed by atoms with E-state index in [0.717, 1.165) is 30.6 Å². The van der Waals surface area contributed by atoms with Gasteiger partial charge in [0.25, 0.3) is 5.91 Å². The normalized spacial score (nSPS) is 17.5. The number of hydrogen-bond donors (Lipinski definition) is 0. The molecular formula is C24H28N6O4S. The molecule has 2 aliphatic heterocycles. The van der Waals surface area contributed by atoms with Crippen LogP contribution in [0.15, 0.2) is 52.0 Å². The number of carbonyl (C=O) groups is 1. The number of piperidine rings is 1. The van der Waals surface area contributed by atoms with Crippen LogP contribution in [0.5, 0.6) is 0 Å². The molecule has 2 saturated heterocycles. The van der Waals surface area contributed by atoms with Gasteiger partial charge in [-0.05, 0) is 49.2 Å². The largest absolute Gasteiger partial charge is 0.353 e. The molecule has 2 aromatic heterocycles. The summed E-state index contributed by atoms with van der Waals surface area (Å²) >= 11 is 0. The first-order chi connectivity index (χ1) is 16.9. The van der Waals surface area contributed by atoms with Crippen LogP contribution in [-0.4, -0.2) is 77.9 Å². The Bertz CT molecular complexity index is 1280. The van der Waals surface area contributed by atoms with E-state index in [0.29, 0.717) is 56.5 Å². The highest BCUT2D eigenvalue weighted by Crippen LogP contribution is 2.23. The second kappa shape index (κ2) is 9.74. The molecule has 0 aliphatic carbocycles. The highest BCUT2D eigenvalue weighted by atomic mass is 32.2. The maximum atomic E-state index is 13.0. The summed E-state index contributed by atoms with van der Waals surface area (Å²) in [6.45, 7) is 5.27. The Kier molecular flexibility index (Phi) is 6.52. The number of anilines is 1. The summed E-state index contributed by atoms with van der Waals surface area (Å²) < 4.78 is 32.3. The van der Waals surface area contributed by atoms with Gasteiger partial charge < -0.3 is 14.3 Å². The van der Waals surface area contributed by atoms with E-state index in [4.69, 9.17) is 4.52 Å². The minimum absolute atomic E-state index is 0.0950. The monoisotopic (exact) mass is 496 g/mol. The van der Waals surface area contributed by atoms with Crippen molar-refractivity contribution < 1.29 is 17.7 Å². The van der Waals surface area contributed by atoms with Gasteiger partial charge in [0.1, 0.15) is 5.82 Å². The Balaban J connectivity index is 1.19. The molecule has 2 aliphatic rings. The smallest absolute Gasteiger partial charge is 0.253 e. The van der Waals surface area contributed by atoms with Crippen LogP contribution in [0, 0.1) is 6.92 Å². The number of benzene rings is 1. The fourth-order valence-corrected chi connectivity index (χ4v) is 5.98. The van der Waals surface area contributed by atoms with Gasteiger partial charge in [-0.15, -0.1) is 0 Å². The number of piperazine rings is 1. The van der Waals surface area contributed by atoms with Crippen LogP contribution < -0.4 is 4.90 Å². The van der Waals surface area contributed by atoms with Gasteiger partial charge in [0.2, 0.25) is 21.7 Å². The molecule has 0 saturated carbocycles. The lowest BCUT2D eigenvalue weighted by Gasteiger charge is -2.35. The molecule has 0 unspecified atom stereocenters. The zero-order chi connectivity index (χ0) is 24.4. The lowest BCUT2D eigenvalue weighted by molar-refractivity contribution is 0.0746. The van der Waals surface area contributed by atoms with Gasteiger partial charge in [-0.2, -0.15) is 9.29 Å². The maximum absolute atomic E-state index is 13.0. The van der Waals surface area contributed by atoms with Crippen molar-refractivity contribution in [2.75, 3.05) is 44.2 Å². The summed E-state index contributed by atoms with van der Waals surface area (Å²) in [5.74, 6) is 1.74. The van der Waals surface area contributed by atoms with E-state index in [1.807, 2.05) is 12.1 Å². The zero-order valence-electron chi connectivity index (χ0n) is 19.6. The quantitative estimate of drug-likeness (QED) is 0.530. The molecule has 0 bridgehead atoms. The fourth-order valence-electron chi connectivity index (χ4n) is 4.47. The van der Waals surface area contributed by atoms with E-state index in [2.05, 4.69) is 20.0 Å². The molecule has 35 heavy (non-hydrogen) atoms. The van der Waals surface area contributed by atoms with Crippen molar-refractivity contribution in [1.29, 1.82) is 0 Å². The minimum atomic E-state index is -3.51. The summed E-state index contributed by atoms with van der Waals surface area (Å²) in [6.07, 6.45) is 4.56. The number of hydrogen-bond acceptors (Lipinski definition) is 8. The number of carbonyl (C=O) groups excluding carboxylic acids is 1. The van der Waals surface area contributed by atoms with Crippen molar-refractivity contribution in [1.82, 2.24) is 24.3 Å². The van der Waals surface area contributed by atoms with Gasteiger partial charge in [-0.25, -0.2) is 13.4 Å². The average Bonchev–Trinajstić information content (AvgIpc) is 3.35. The Morgan fingerprint density at radius 2 is 1.63 bits per heavy atom. The van der Waals surface area contributed by atoms with Crippen LogP contribution >= 0.6 is 0 Å². The van der Waals surface area contributed by atoms with Crippen molar-refractivity contribution in [2.45, 2.75) is 31.1 Å². The van der Waals surface area contributed by atoms with Crippen molar-refractivity contribution in [3.63, 3.8) is 0 Å². The average molecular weight is 497 g/mol. The van der Waals surface area contributed by atoms with Gasteiger partial charge in [0.05, 0.1) is 4.90 Å². The van der Waals surface area contributed by atoms with E-state index < -0.39 is 10.0 Å². The molecule has 184 valence electrons. The summed E-state index contributed by atoms with van der Waals surface area (Å²) in [6, 6.07) is 10.1. The number of pyridine rings is 1. The van der Waals surface area contributed by atoms with Crippen LogP contribution in [-0.2, 0) is 10.0 Å². The fraction of sp³-hybridized carbons (Fsp3) is 0.417.